The predicted molar refractivity (Wildman–Crippen MR) is 98.6 cm³/mol. The van der Waals surface area contributed by atoms with Crippen LogP contribution in [0.2, 0.25) is 5.15 Å². The lowest BCUT2D eigenvalue weighted by atomic mass is 10.0. The quantitative estimate of drug-likeness (QED) is 0.678. The Morgan fingerprint density at radius 2 is 2.07 bits per heavy atom. The normalized spacial score (nSPS) is 18.4. The first-order valence-electron chi connectivity index (χ1n) is 8.85. The van der Waals surface area contributed by atoms with Crippen molar-refractivity contribution in [3.05, 3.63) is 51.6 Å². The summed E-state index contributed by atoms with van der Waals surface area (Å²) in [7, 11) is 1.76. The molecule has 28 heavy (non-hydrogen) atoms. The van der Waals surface area contributed by atoms with Crippen LogP contribution in [-0.4, -0.2) is 53.1 Å². The highest BCUT2D eigenvalue weighted by Gasteiger charge is 2.35. The first-order chi connectivity index (χ1) is 13.1. The van der Waals surface area contributed by atoms with Crippen molar-refractivity contribution < 1.29 is 22.7 Å². The highest BCUT2D eigenvalue weighted by molar-refractivity contribution is 6.30. The van der Waals surface area contributed by atoms with E-state index in [0.717, 1.165) is 11.1 Å². The van der Waals surface area contributed by atoms with Crippen LogP contribution < -0.4 is 0 Å². The smallest absolute Gasteiger partial charge is 0.392 e. The van der Waals surface area contributed by atoms with Crippen LogP contribution in [0, 0.1) is 0 Å². The summed E-state index contributed by atoms with van der Waals surface area (Å²) in [5.41, 5.74) is 2.96. The van der Waals surface area contributed by atoms with Crippen LogP contribution in [0.1, 0.15) is 36.2 Å². The number of halogens is 4. The molecule has 2 aliphatic heterocycles. The van der Waals surface area contributed by atoms with Gasteiger partial charge in [0.15, 0.2) is 5.88 Å². The van der Waals surface area contributed by atoms with Crippen molar-refractivity contribution in [2.75, 3.05) is 20.2 Å². The standard InChI is InChI=1S/C19H21ClF3N3O2/c1-11-8-13(9-25(3)18(11)28-7-5-19(21,22)23)12(2)26-10-15-14(17(26)27)4-6-24-16(15)20/h4,6,8,12H,5,7,9-10H2,1-3H3. The Morgan fingerprint density at radius 1 is 1.36 bits per heavy atom. The number of rotatable bonds is 5. The maximum Gasteiger partial charge on any atom is 0.392 e. The number of hydrogen-bond donors (Lipinski definition) is 0. The first-order valence-corrected chi connectivity index (χ1v) is 9.22. The minimum Gasteiger partial charge on any atom is -0.479 e. The number of hydrogen-bond acceptors (Lipinski definition) is 4. The van der Waals surface area contributed by atoms with Gasteiger partial charge in [-0.3, -0.25) is 4.79 Å². The van der Waals surface area contributed by atoms with E-state index in [4.69, 9.17) is 16.3 Å². The van der Waals surface area contributed by atoms with Crippen molar-refractivity contribution in [3.63, 3.8) is 0 Å². The SMILES string of the molecule is CC1=C(OCCC(F)(F)F)N(C)CC(C(C)N2Cc3c(ccnc3Cl)C2=O)=C1. The maximum absolute atomic E-state index is 12.8. The van der Waals surface area contributed by atoms with Crippen molar-refractivity contribution >= 4 is 17.5 Å². The van der Waals surface area contributed by atoms with E-state index < -0.39 is 19.2 Å². The molecule has 9 heteroatoms. The second-order valence-electron chi connectivity index (χ2n) is 7.01. The number of aromatic nitrogens is 1. The molecule has 0 radical (unpaired) electrons. The topological polar surface area (TPSA) is 45.7 Å². The Morgan fingerprint density at radius 3 is 2.68 bits per heavy atom. The third-order valence-corrected chi connectivity index (χ3v) is 5.28. The van der Waals surface area contributed by atoms with Gasteiger partial charge in [0.2, 0.25) is 0 Å². The van der Waals surface area contributed by atoms with E-state index in [9.17, 15) is 18.0 Å². The fourth-order valence-electron chi connectivity index (χ4n) is 3.50. The van der Waals surface area contributed by atoms with Gasteiger partial charge >= 0.3 is 6.18 Å². The number of carbonyl (C=O) groups is 1. The molecule has 5 nitrogen and oxygen atoms in total. The van der Waals surface area contributed by atoms with Gasteiger partial charge in [0.25, 0.3) is 5.91 Å². The molecule has 0 saturated carbocycles. The molecule has 1 aromatic heterocycles. The average molecular weight is 416 g/mol. The molecule has 2 aliphatic rings. The van der Waals surface area contributed by atoms with Crippen LogP contribution in [0.5, 0.6) is 0 Å². The number of alkyl halides is 3. The molecule has 1 atom stereocenters. The van der Waals surface area contributed by atoms with Crippen LogP contribution in [0.4, 0.5) is 13.2 Å². The van der Waals surface area contributed by atoms with Crippen molar-refractivity contribution in [3.8, 4) is 0 Å². The number of pyridine rings is 1. The van der Waals surface area contributed by atoms with Gasteiger partial charge in [0, 0.05) is 36.5 Å². The van der Waals surface area contributed by atoms with E-state index in [1.54, 1.807) is 29.8 Å². The molecule has 152 valence electrons. The van der Waals surface area contributed by atoms with Gasteiger partial charge in [-0.2, -0.15) is 13.2 Å². The Hall–Kier alpha value is -2.22. The van der Waals surface area contributed by atoms with E-state index in [2.05, 4.69) is 4.98 Å². The molecular formula is C19H21ClF3N3O2. The van der Waals surface area contributed by atoms with Gasteiger partial charge < -0.3 is 14.5 Å². The molecule has 0 fully saturated rings. The van der Waals surface area contributed by atoms with E-state index in [1.807, 2.05) is 13.0 Å². The van der Waals surface area contributed by atoms with Gasteiger partial charge in [-0.05, 0) is 25.5 Å². The predicted octanol–water partition coefficient (Wildman–Crippen LogP) is 4.15. The Balaban J connectivity index is 1.75. The van der Waals surface area contributed by atoms with Crippen LogP contribution in [0.25, 0.3) is 0 Å². The van der Waals surface area contributed by atoms with Gasteiger partial charge in [0.1, 0.15) is 5.15 Å². The fourth-order valence-corrected chi connectivity index (χ4v) is 3.72. The lowest BCUT2D eigenvalue weighted by Gasteiger charge is -2.34. The first kappa shape index (κ1) is 20.5. The molecular weight excluding hydrogens is 395 g/mol. The van der Waals surface area contributed by atoms with Crippen LogP contribution in [0.15, 0.2) is 35.4 Å². The van der Waals surface area contributed by atoms with E-state index in [-0.39, 0.29) is 11.9 Å². The highest BCUT2D eigenvalue weighted by Crippen LogP contribution is 2.32. The fraction of sp³-hybridized carbons (Fsp3) is 0.474. The van der Waals surface area contributed by atoms with E-state index >= 15 is 0 Å². The van der Waals surface area contributed by atoms with Gasteiger partial charge in [-0.15, -0.1) is 0 Å². The molecule has 1 amide bonds. The second kappa shape index (κ2) is 7.66. The zero-order chi connectivity index (χ0) is 20.6. The summed E-state index contributed by atoms with van der Waals surface area (Å²) in [5, 5.41) is 0.326. The Labute approximate surface area is 166 Å². The Kier molecular flexibility index (Phi) is 5.61. The van der Waals surface area contributed by atoms with E-state index in [0.29, 0.717) is 35.3 Å². The summed E-state index contributed by atoms with van der Waals surface area (Å²) >= 11 is 6.12. The van der Waals surface area contributed by atoms with Gasteiger partial charge in [-0.25, -0.2) is 4.98 Å². The molecule has 0 saturated heterocycles. The number of amides is 1. The van der Waals surface area contributed by atoms with Crippen molar-refractivity contribution in [2.45, 2.75) is 39.0 Å². The number of carbonyl (C=O) groups excluding carboxylic acids is 1. The largest absolute Gasteiger partial charge is 0.479 e. The second-order valence-corrected chi connectivity index (χ2v) is 7.37. The van der Waals surface area contributed by atoms with Crippen molar-refractivity contribution in [1.29, 1.82) is 0 Å². The summed E-state index contributed by atoms with van der Waals surface area (Å²) < 4.78 is 42.4. The van der Waals surface area contributed by atoms with Gasteiger partial charge in [0.05, 0.1) is 25.6 Å². The lowest BCUT2D eigenvalue weighted by Crippen LogP contribution is -2.39. The number of nitrogens with zero attached hydrogens (tertiary/aromatic N) is 3. The molecule has 1 unspecified atom stereocenters. The minimum atomic E-state index is -4.25. The summed E-state index contributed by atoms with van der Waals surface area (Å²) in [6.45, 7) is 4.11. The third kappa shape index (κ3) is 4.11. The van der Waals surface area contributed by atoms with Crippen LogP contribution >= 0.6 is 11.6 Å². The summed E-state index contributed by atoms with van der Waals surface area (Å²) in [6, 6.07) is 1.46. The summed E-state index contributed by atoms with van der Waals surface area (Å²) in [6.07, 6.45) is -1.86. The van der Waals surface area contributed by atoms with Crippen molar-refractivity contribution in [1.82, 2.24) is 14.8 Å². The highest BCUT2D eigenvalue weighted by atomic mass is 35.5. The summed E-state index contributed by atoms with van der Waals surface area (Å²) in [4.78, 5) is 20.3. The molecule has 3 rings (SSSR count). The molecule has 0 N–H and O–H groups in total. The maximum atomic E-state index is 12.8. The minimum absolute atomic E-state index is 0.107. The number of ether oxygens (including phenoxy) is 1. The van der Waals surface area contributed by atoms with Crippen LogP contribution in [-0.2, 0) is 11.3 Å². The number of allylic oxidation sites excluding steroid dienone is 2. The average Bonchev–Trinajstić information content (AvgIpc) is 2.94. The zero-order valence-corrected chi connectivity index (χ0v) is 16.6. The molecule has 0 aliphatic carbocycles. The molecule has 3 heterocycles. The monoisotopic (exact) mass is 415 g/mol. The number of fused-ring (bicyclic) bond motifs is 1. The van der Waals surface area contributed by atoms with Crippen LogP contribution in [0.3, 0.4) is 0 Å². The van der Waals surface area contributed by atoms with Crippen molar-refractivity contribution in [2.24, 2.45) is 0 Å². The van der Waals surface area contributed by atoms with Gasteiger partial charge in [-0.1, -0.05) is 17.7 Å². The lowest BCUT2D eigenvalue weighted by molar-refractivity contribution is -0.143. The van der Waals surface area contributed by atoms with E-state index in [1.165, 1.54) is 6.20 Å². The number of likely N-dealkylation sites (N-methyl/N-ethyl adjacent to an activating group) is 1. The summed E-state index contributed by atoms with van der Waals surface area (Å²) in [5.74, 6) is 0.313. The molecule has 0 aromatic carbocycles. The molecule has 0 bridgehead atoms. The Bertz CT molecular complexity index is 851. The molecule has 0 spiro atoms. The third-order valence-electron chi connectivity index (χ3n) is 4.96. The zero-order valence-electron chi connectivity index (χ0n) is 15.8. The molecule has 1 aromatic rings.